The van der Waals surface area contributed by atoms with Gasteiger partial charge in [0.25, 0.3) is 0 Å². The van der Waals surface area contributed by atoms with E-state index in [4.69, 9.17) is 4.74 Å². The number of rotatable bonds is 13. The lowest BCUT2D eigenvalue weighted by Gasteiger charge is -2.15. The van der Waals surface area contributed by atoms with Crippen LogP contribution in [0.3, 0.4) is 0 Å². The third-order valence-corrected chi connectivity index (χ3v) is 4.66. The molecule has 0 fully saturated rings. The van der Waals surface area contributed by atoms with E-state index in [2.05, 4.69) is 53.8 Å². The van der Waals surface area contributed by atoms with Crippen LogP contribution in [-0.2, 0) is 11.3 Å². The number of unbranched alkanes of at least 4 members (excludes halogenated alkanes) is 4. The van der Waals surface area contributed by atoms with Crippen molar-refractivity contribution < 1.29 is 9.84 Å². The Morgan fingerprint density at radius 2 is 1.83 bits per heavy atom. The van der Waals surface area contributed by atoms with Crippen molar-refractivity contribution >= 4 is 22.6 Å². The molecule has 0 saturated heterocycles. The molecule has 1 rings (SSSR count). The smallest absolute Gasteiger partial charge is 0.111 e. The van der Waals surface area contributed by atoms with Crippen LogP contribution in [0.4, 0.5) is 0 Å². The van der Waals surface area contributed by atoms with Gasteiger partial charge in [-0.05, 0) is 31.2 Å². The highest BCUT2D eigenvalue weighted by molar-refractivity contribution is 14.1. The molecule has 0 amide bonds. The summed E-state index contributed by atoms with van der Waals surface area (Å²) in [7, 11) is 0. The van der Waals surface area contributed by atoms with Gasteiger partial charge in [-0.1, -0.05) is 91.3 Å². The Labute approximate surface area is 155 Å². The normalized spacial score (nSPS) is 14.2. The lowest BCUT2D eigenvalue weighted by atomic mass is 10.1. The number of allylic oxidation sites excluding steroid dienone is 2. The summed E-state index contributed by atoms with van der Waals surface area (Å²) in [5.74, 6) is 0. The van der Waals surface area contributed by atoms with Gasteiger partial charge in [0.1, 0.15) is 4.11 Å². The maximum absolute atomic E-state index is 10.1. The van der Waals surface area contributed by atoms with Gasteiger partial charge < -0.3 is 9.84 Å². The Hall–Kier alpha value is -0.390. The van der Waals surface area contributed by atoms with Gasteiger partial charge >= 0.3 is 0 Å². The zero-order valence-electron chi connectivity index (χ0n) is 14.3. The first-order chi connectivity index (χ1) is 11.2. The lowest BCUT2D eigenvalue weighted by Crippen LogP contribution is -2.15. The Morgan fingerprint density at radius 1 is 1.09 bits per heavy atom. The first-order valence-electron chi connectivity index (χ1n) is 8.85. The highest BCUT2D eigenvalue weighted by atomic mass is 127. The van der Waals surface area contributed by atoms with Crippen LogP contribution in [0.15, 0.2) is 42.5 Å². The van der Waals surface area contributed by atoms with Crippen molar-refractivity contribution in [1.82, 2.24) is 0 Å². The van der Waals surface area contributed by atoms with Crippen LogP contribution >= 0.6 is 22.6 Å². The maximum atomic E-state index is 10.1. The van der Waals surface area contributed by atoms with Crippen molar-refractivity contribution in [2.45, 2.75) is 75.1 Å². The van der Waals surface area contributed by atoms with Gasteiger partial charge in [0, 0.05) is 6.42 Å². The minimum Gasteiger partial charge on any atom is -0.393 e. The molecule has 0 spiro atoms. The molecule has 0 aliphatic carbocycles. The van der Waals surface area contributed by atoms with Crippen molar-refractivity contribution in [3.8, 4) is 0 Å². The summed E-state index contributed by atoms with van der Waals surface area (Å²) >= 11 is 2.27. The molecule has 0 heterocycles. The second-order valence-corrected chi connectivity index (χ2v) is 7.38. The van der Waals surface area contributed by atoms with E-state index in [1.165, 1.54) is 37.7 Å². The van der Waals surface area contributed by atoms with Crippen LogP contribution in [0.2, 0.25) is 0 Å². The second-order valence-electron chi connectivity index (χ2n) is 5.99. The van der Waals surface area contributed by atoms with E-state index >= 15 is 0 Å². The average molecular weight is 430 g/mol. The number of aliphatic hydroxyl groups is 1. The van der Waals surface area contributed by atoms with E-state index < -0.39 is 0 Å². The van der Waals surface area contributed by atoms with Crippen LogP contribution in [0.1, 0.15) is 63.9 Å². The Balaban J connectivity index is 2.04. The van der Waals surface area contributed by atoms with Gasteiger partial charge in [-0.25, -0.2) is 0 Å². The van der Waals surface area contributed by atoms with Gasteiger partial charge in [0.05, 0.1) is 12.7 Å². The first kappa shape index (κ1) is 20.7. The Bertz CT molecular complexity index is 405. The Morgan fingerprint density at radius 3 is 2.57 bits per heavy atom. The van der Waals surface area contributed by atoms with Crippen molar-refractivity contribution in [2.24, 2.45) is 0 Å². The van der Waals surface area contributed by atoms with Crippen molar-refractivity contribution in [2.75, 3.05) is 0 Å². The Kier molecular flexibility index (Phi) is 12.6. The van der Waals surface area contributed by atoms with E-state index in [-0.39, 0.29) is 10.2 Å². The summed E-state index contributed by atoms with van der Waals surface area (Å²) in [6.45, 7) is 2.85. The van der Waals surface area contributed by atoms with Crippen LogP contribution in [-0.4, -0.2) is 15.3 Å². The molecule has 2 nitrogen and oxygen atoms in total. The van der Waals surface area contributed by atoms with E-state index in [9.17, 15) is 5.11 Å². The van der Waals surface area contributed by atoms with Crippen molar-refractivity contribution in [3.63, 3.8) is 0 Å². The molecule has 130 valence electrons. The van der Waals surface area contributed by atoms with Gasteiger partial charge in [0.15, 0.2) is 0 Å². The average Bonchev–Trinajstić information content (AvgIpc) is 2.56. The van der Waals surface area contributed by atoms with Gasteiger partial charge in [0.2, 0.25) is 0 Å². The lowest BCUT2D eigenvalue weighted by molar-refractivity contribution is 0.0597. The van der Waals surface area contributed by atoms with Gasteiger partial charge in [-0.2, -0.15) is 0 Å². The number of hydrogen-bond acceptors (Lipinski definition) is 2. The SMILES string of the molecule is CCCCCC/C=C\CCC(O)C[C@@H](I)OCc1ccccc1. The fraction of sp³-hybridized carbons (Fsp3) is 0.600. The summed E-state index contributed by atoms with van der Waals surface area (Å²) in [5.41, 5.74) is 1.18. The highest BCUT2D eigenvalue weighted by Crippen LogP contribution is 2.16. The summed E-state index contributed by atoms with van der Waals surface area (Å²) in [6, 6.07) is 10.2. The molecule has 1 aromatic carbocycles. The molecule has 0 bridgehead atoms. The van der Waals surface area contributed by atoms with Gasteiger partial charge in [-0.15, -0.1) is 0 Å². The third-order valence-electron chi connectivity index (χ3n) is 3.79. The maximum Gasteiger partial charge on any atom is 0.111 e. The summed E-state index contributed by atoms with van der Waals surface area (Å²) in [5, 5.41) is 10.1. The fourth-order valence-electron chi connectivity index (χ4n) is 2.37. The molecule has 1 unspecified atom stereocenters. The molecular weight excluding hydrogens is 399 g/mol. The zero-order chi connectivity index (χ0) is 16.8. The van der Waals surface area contributed by atoms with Crippen LogP contribution in [0, 0.1) is 0 Å². The van der Waals surface area contributed by atoms with Crippen LogP contribution in [0.25, 0.3) is 0 Å². The van der Waals surface area contributed by atoms with E-state index in [1.807, 2.05) is 18.2 Å². The highest BCUT2D eigenvalue weighted by Gasteiger charge is 2.11. The molecule has 0 aromatic heterocycles. The number of benzene rings is 1. The molecule has 3 heteroatoms. The van der Waals surface area contributed by atoms with Gasteiger partial charge in [-0.3, -0.25) is 0 Å². The second kappa shape index (κ2) is 14.0. The largest absolute Gasteiger partial charge is 0.393 e. The quantitative estimate of drug-likeness (QED) is 0.179. The van der Waals surface area contributed by atoms with E-state index in [1.54, 1.807) is 0 Å². The molecule has 1 N–H and O–H groups in total. The zero-order valence-corrected chi connectivity index (χ0v) is 16.5. The first-order valence-corrected chi connectivity index (χ1v) is 10.1. The number of aliphatic hydroxyl groups excluding tert-OH is 1. The summed E-state index contributed by atoms with van der Waals surface area (Å²) < 4.78 is 5.85. The minimum atomic E-state index is -0.280. The van der Waals surface area contributed by atoms with E-state index in [0.29, 0.717) is 13.0 Å². The van der Waals surface area contributed by atoms with Crippen molar-refractivity contribution in [3.05, 3.63) is 48.0 Å². The molecule has 23 heavy (non-hydrogen) atoms. The molecule has 0 aliphatic rings. The number of alkyl halides is 1. The monoisotopic (exact) mass is 430 g/mol. The van der Waals surface area contributed by atoms with Crippen molar-refractivity contribution in [1.29, 1.82) is 0 Å². The molecule has 0 radical (unpaired) electrons. The summed E-state index contributed by atoms with van der Waals surface area (Å²) in [6.07, 6.45) is 13.1. The fourth-order valence-corrected chi connectivity index (χ4v) is 3.14. The third kappa shape index (κ3) is 11.7. The number of ether oxygens (including phenoxy) is 1. The van der Waals surface area contributed by atoms with E-state index in [0.717, 1.165) is 12.8 Å². The predicted molar refractivity (Wildman–Crippen MR) is 107 cm³/mol. The molecule has 2 atom stereocenters. The number of hydrogen-bond donors (Lipinski definition) is 1. The molecular formula is C20H31IO2. The predicted octanol–water partition coefficient (Wildman–Crippen LogP) is 6.02. The van der Waals surface area contributed by atoms with Crippen LogP contribution in [0.5, 0.6) is 0 Å². The van der Waals surface area contributed by atoms with Crippen LogP contribution < -0.4 is 0 Å². The minimum absolute atomic E-state index is 0.0563. The standard InChI is InChI=1S/C20H31IO2/c1-2-3-4-5-6-7-8-12-15-19(22)16-20(21)23-17-18-13-10-9-11-14-18/h7-11,13-14,19-20,22H,2-6,12,15-17H2,1H3/b8-7-/t19?,20-/m0/s1. The molecule has 1 aromatic rings. The molecule has 0 aliphatic heterocycles. The topological polar surface area (TPSA) is 29.5 Å². The summed E-state index contributed by atoms with van der Waals surface area (Å²) in [4.78, 5) is 0. The number of halogens is 1. The molecule has 0 saturated carbocycles.